The summed E-state index contributed by atoms with van der Waals surface area (Å²) in [5.74, 6) is -0.117. The van der Waals surface area contributed by atoms with E-state index in [9.17, 15) is 4.79 Å². The normalized spacial score (nSPS) is 18.7. The van der Waals surface area contributed by atoms with E-state index < -0.39 is 0 Å². The molecule has 0 aromatic rings. The van der Waals surface area contributed by atoms with Crippen LogP contribution in [0.1, 0.15) is 65.7 Å². The minimum absolute atomic E-state index is 0. The maximum atomic E-state index is 11.3. The zero-order chi connectivity index (χ0) is 13.4. The van der Waals surface area contributed by atoms with Crippen LogP contribution < -0.4 is 0 Å². The van der Waals surface area contributed by atoms with Crippen molar-refractivity contribution in [3.05, 3.63) is 0 Å². The first-order valence-electron chi connectivity index (χ1n) is 7.54. The van der Waals surface area contributed by atoms with Crippen molar-refractivity contribution in [1.82, 2.24) is 4.90 Å². The van der Waals surface area contributed by atoms with Crippen molar-refractivity contribution in [2.24, 2.45) is 0 Å². The van der Waals surface area contributed by atoms with Crippen molar-refractivity contribution in [2.75, 3.05) is 19.6 Å². The minimum Gasteiger partial charge on any atom is -0.459 e. The number of halogens is 1. The molecule has 114 valence electrons. The Morgan fingerprint density at radius 3 is 2.21 bits per heavy atom. The van der Waals surface area contributed by atoms with Gasteiger partial charge in [0.25, 0.3) is 0 Å². The molecule has 1 aliphatic heterocycles. The molecule has 0 atom stereocenters. The van der Waals surface area contributed by atoms with Crippen LogP contribution in [0.15, 0.2) is 0 Å². The predicted octanol–water partition coefficient (Wildman–Crippen LogP) is 3.80. The van der Waals surface area contributed by atoms with Gasteiger partial charge < -0.3 is 9.64 Å². The SMILES string of the molecule is CCCCN1CCC(CCCC)(OC(C)=O)CC1.Cl. The second kappa shape index (κ2) is 9.60. The molecule has 0 aromatic heterocycles. The maximum absolute atomic E-state index is 11.3. The van der Waals surface area contributed by atoms with E-state index in [1.54, 1.807) is 0 Å². The molecule has 1 fully saturated rings. The molecule has 1 aliphatic rings. The molecule has 0 radical (unpaired) electrons. The maximum Gasteiger partial charge on any atom is 0.303 e. The zero-order valence-corrected chi connectivity index (χ0v) is 13.6. The summed E-state index contributed by atoms with van der Waals surface area (Å²) < 4.78 is 5.67. The number of esters is 1. The highest BCUT2D eigenvalue weighted by molar-refractivity contribution is 5.85. The van der Waals surface area contributed by atoms with Gasteiger partial charge >= 0.3 is 5.97 Å². The van der Waals surface area contributed by atoms with Gasteiger partial charge in [0.2, 0.25) is 0 Å². The lowest BCUT2D eigenvalue weighted by molar-refractivity contribution is -0.163. The van der Waals surface area contributed by atoms with E-state index in [4.69, 9.17) is 4.74 Å². The molecule has 19 heavy (non-hydrogen) atoms. The number of likely N-dealkylation sites (tertiary alicyclic amines) is 1. The third-order valence-corrected chi connectivity index (χ3v) is 3.94. The van der Waals surface area contributed by atoms with Crippen LogP contribution in [0.2, 0.25) is 0 Å². The fourth-order valence-electron chi connectivity index (χ4n) is 2.77. The minimum atomic E-state index is -0.162. The van der Waals surface area contributed by atoms with E-state index >= 15 is 0 Å². The summed E-state index contributed by atoms with van der Waals surface area (Å²) in [4.78, 5) is 13.8. The Hall–Kier alpha value is -0.280. The lowest BCUT2D eigenvalue weighted by atomic mass is 9.86. The van der Waals surface area contributed by atoms with E-state index in [0.717, 1.165) is 38.8 Å². The third kappa shape index (κ3) is 6.62. The second-order valence-electron chi connectivity index (χ2n) is 5.58. The summed E-state index contributed by atoms with van der Waals surface area (Å²) >= 11 is 0. The van der Waals surface area contributed by atoms with E-state index in [-0.39, 0.29) is 24.0 Å². The number of ether oxygens (including phenoxy) is 1. The molecule has 0 saturated carbocycles. The lowest BCUT2D eigenvalue weighted by Crippen LogP contribution is -2.47. The van der Waals surface area contributed by atoms with Crippen molar-refractivity contribution in [1.29, 1.82) is 0 Å². The topological polar surface area (TPSA) is 29.5 Å². The number of carbonyl (C=O) groups excluding carboxylic acids is 1. The number of nitrogens with zero attached hydrogens (tertiary/aromatic N) is 1. The van der Waals surface area contributed by atoms with Gasteiger partial charge in [-0.05, 0) is 38.6 Å². The van der Waals surface area contributed by atoms with Gasteiger partial charge in [0, 0.05) is 20.0 Å². The van der Waals surface area contributed by atoms with Gasteiger partial charge in [-0.3, -0.25) is 4.79 Å². The number of rotatable bonds is 7. The standard InChI is InChI=1S/C15H29NO2.ClH/c1-4-6-8-15(18-14(3)17)9-12-16(13-10-15)11-7-5-2;/h4-13H2,1-3H3;1H. The first kappa shape index (κ1) is 18.7. The van der Waals surface area contributed by atoms with Crippen LogP contribution >= 0.6 is 12.4 Å². The van der Waals surface area contributed by atoms with E-state index in [1.807, 2.05) is 0 Å². The Kier molecular flexibility index (Phi) is 9.46. The van der Waals surface area contributed by atoms with Crippen molar-refractivity contribution < 1.29 is 9.53 Å². The van der Waals surface area contributed by atoms with Gasteiger partial charge in [-0.15, -0.1) is 12.4 Å². The summed E-state index contributed by atoms with van der Waals surface area (Å²) in [7, 11) is 0. The summed E-state index contributed by atoms with van der Waals surface area (Å²) in [6.07, 6.45) is 7.90. The molecule has 0 spiro atoms. The van der Waals surface area contributed by atoms with Crippen molar-refractivity contribution >= 4 is 18.4 Å². The summed E-state index contributed by atoms with van der Waals surface area (Å²) in [5.41, 5.74) is -0.162. The first-order chi connectivity index (χ1) is 8.62. The van der Waals surface area contributed by atoms with Crippen LogP contribution in [0.4, 0.5) is 0 Å². The van der Waals surface area contributed by atoms with E-state index in [0.29, 0.717) is 0 Å². The molecule has 1 rings (SSSR count). The summed E-state index contributed by atoms with van der Waals surface area (Å²) in [6, 6.07) is 0. The number of hydrogen-bond acceptors (Lipinski definition) is 3. The quantitative estimate of drug-likeness (QED) is 0.668. The van der Waals surface area contributed by atoms with Crippen LogP contribution in [-0.2, 0) is 9.53 Å². The molecule has 3 nitrogen and oxygen atoms in total. The van der Waals surface area contributed by atoms with Crippen LogP contribution in [-0.4, -0.2) is 36.1 Å². The monoisotopic (exact) mass is 291 g/mol. The number of carbonyl (C=O) groups is 1. The molecule has 1 saturated heterocycles. The number of hydrogen-bond donors (Lipinski definition) is 0. The molecule has 0 aliphatic carbocycles. The number of piperidine rings is 1. The Labute approximate surface area is 124 Å². The third-order valence-electron chi connectivity index (χ3n) is 3.94. The molecule has 1 heterocycles. The number of unbranched alkanes of at least 4 members (excludes halogenated alkanes) is 2. The lowest BCUT2D eigenvalue weighted by Gasteiger charge is -2.41. The van der Waals surface area contributed by atoms with Gasteiger partial charge in [0.05, 0.1) is 0 Å². The van der Waals surface area contributed by atoms with Crippen molar-refractivity contribution in [3.8, 4) is 0 Å². The largest absolute Gasteiger partial charge is 0.459 e. The summed E-state index contributed by atoms with van der Waals surface area (Å²) in [6.45, 7) is 9.32. The Morgan fingerprint density at radius 1 is 1.16 bits per heavy atom. The van der Waals surface area contributed by atoms with Crippen molar-refractivity contribution in [3.63, 3.8) is 0 Å². The van der Waals surface area contributed by atoms with E-state index in [2.05, 4.69) is 18.7 Å². The molecule has 0 aromatic carbocycles. The van der Waals surface area contributed by atoms with Crippen LogP contribution in [0.5, 0.6) is 0 Å². The predicted molar refractivity (Wildman–Crippen MR) is 81.9 cm³/mol. The second-order valence-corrected chi connectivity index (χ2v) is 5.58. The van der Waals surface area contributed by atoms with Crippen LogP contribution in [0, 0.1) is 0 Å². The first-order valence-corrected chi connectivity index (χ1v) is 7.54. The fourth-order valence-corrected chi connectivity index (χ4v) is 2.77. The van der Waals surface area contributed by atoms with Gasteiger partial charge in [0.1, 0.15) is 5.60 Å². The molecule has 0 N–H and O–H groups in total. The highest BCUT2D eigenvalue weighted by Gasteiger charge is 2.36. The van der Waals surface area contributed by atoms with Crippen LogP contribution in [0.3, 0.4) is 0 Å². The fraction of sp³-hybridized carbons (Fsp3) is 0.933. The Morgan fingerprint density at radius 2 is 1.74 bits per heavy atom. The van der Waals surface area contributed by atoms with Gasteiger partial charge in [-0.25, -0.2) is 0 Å². The molecule has 0 amide bonds. The van der Waals surface area contributed by atoms with E-state index in [1.165, 1.54) is 32.7 Å². The van der Waals surface area contributed by atoms with Gasteiger partial charge in [-0.1, -0.05) is 26.7 Å². The highest BCUT2D eigenvalue weighted by Crippen LogP contribution is 2.32. The Balaban J connectivity index is 0.00000324. The molecule has 0 bridgehead atoms. The highest BCUT2D eigenvalue weighted by atomic mass is 35.5. The van der Waals surface area contributed by atoms with Gasteiger partial charge in [0.15, 0.2) is 0 Å². The molecule has 0 unspecified atom stereocenters. The smallest absolute Gasteiger partial charge is 0.303 e. The van der Waals surface area contributed by atoms with Crippen LogP contribution in [0.25, 0.3) is 0 Å². The average molecular weight is 292 g/mol. The zero-order valence-electron chi connectivity index (χ0n) is 12.7. The van der Waals surface area contributed by atoms with Gasteiger partial charge in [-0.2, -0.15) is 0 Å². The molecular weight excluding hydrogens is 262 g/mol. The molecular formula is C15H30ClNO2. The average Bonchev–Trinajstić information content (AvgIpc) is 2.35. The summed E-state index contributed by atoms with van der Waals surface area (Å²) in [5, 5.41) is 0. The Bertz CT molecular complexity index is 251. The van der Waals surface area contributed by atoms with Crippen molar-refractivity contribution in [2.45, 2.75) is 71.3 Å². The molecule has 4 heteroatoms.